The molecule has 1 aliphatic rings. The average Bonchev–Trinajstić information content (AvgIpc) is 3.38. The van der Waals surface area contributed by atoms with Crippen molar-refractivity contribution in [3.05, 3.63) is 69.4 Å². The Morgan fingerprint density at radius 1 is 1.16 bits per heavy atom. The van der Waals surface area contributed by atoms with E-state index in [4.69, 9.17) is 16.0 Å². The summed E-state index contributed by atoms with van der Waals surface area (Å²) in [6, 6.07) is 11.6. The van der Waals surface area contributed by atoms with Crippen LogP contribution in [0.25, 0.3) is 11.1 Å². The van der Waals surface area contributed by atoms with Crippen molar-refractivity contribution in [1.82, 2.24) is 14.8 Å². The monoisotopic (exact) mass is 445 g/mol. The summed E-state index contributed by atoms with van der Waals surface area (Å²) in [5, 5.41) is 3.30. The van der Waals surface area contributed by atoms with Gasteiger partial charge in [0, 0.05) is 30.1 Å². The standard InChI is InChI=1S/C23H25ClFN3O3/c24-16-7-5-8-17(25)22(16)19(27-12-3-4-13-27)15-26-21(29)11-6-14-28-18-9-1-2-10-20(18)31-23(28)30/h1-2,5,7-10,19H,3-4,6,11-15H2,(H,26,29). The van der Waals surface area contributed by atoms with Crippen LogP contribution in [0.4, 0.5) is 4.39 Å². The highest BCUT2D eigenvalue weighted by atomic mass is 35.5. The van der Waals surface area contributed by atoms with Gasteiger partial charge in [-0.1, -0.05) is 29.8 Å². The van der Waals surface area contributed by atoms with E-state index in [1.54, 1.807) is 18.2 Å². The molecule has 0 spiro atoms. The molecule has 3 aromatic rings. The molecule has 31 heavy (non-hydrogen) atoms. The van der Waals surface area contributed by atoms with Crippen LogP contribution in [0.3, 0.4) is 0 Å². The molecule has 1 aliphatic heterocycles. The molecule has 6 nitrogen and oxygen atoms in total. The minimum Gasteiger partial charge on any atom is -0.408 e. The number of fused-ring (bicyclic) bond motifs is 1. The van der Waals surface area contributed by atoms with E-state index in [1.165, 1.54) is 10.6 Å². The topological polar surface area (TPSA) is 67.5 Å². The van der Waals surface area contributed by atoms with Gasteiger partial charge in [-0.05, 0) is 56.6 Å². The predicted octanol–water partition coefficient (Wildman–Crippen LogP) is 4.12. The molecule has 4 rings (SSSR count). The van der Waals surface area contributed by atoms with Crippen LogP contribution in [-0.2, 0) is 11.3 Å². The molecule has 164 valence electrons. The van der Waals surface area contributed by atoms with E-state index >= 15 is 0 Å². The summed E-state index contributed by atoms with van der Waals surface area (Å²) < 4.78 is 21.3. The zero-order chi connectivity index (χ0) is 21.8. The van der Waals surface area contributed by atoms with Crippen molar-refractivity contribution >= 4 is 28.6 Å². The largest absolute Gasteiger partial charge is 0.419 e. The van der Waals surface area contributed by atoms with Crippen molar-refractivity contribution in [1.29, 1.82) is 0 Å². The maximum Gasteiger partial charge on any atom is 0.419 e. The molecular weight excluding hydrogens is 421 g/mol. The Morgan fingerprint density at radius 2 is 1.94 bits per heavy atom. The minimum atomic E-state index is -0.426. The van der Waals surface area contributed by atoms with Crippen LogP contribution in [0, 0.1) is 5.82 Å². The SMILES string of the molecule is O=C(CCCn1c(=O)oc2ccccc21)NCC(c1c(F)cccc1Cl)N1CCCC1. The zero-order valence-corrected chi connectivity index (χ0v) is 17.9. The van der Waals surface area contributed by atoms with Gasteiger partial charge in [-0.2, -0.15) is 0 Å². The van der Waals surface area contributed by atoms with Crippen LogP contribution in [0.15, 0.2) is 51.7 Å². The van der Waals surface area contributed by atoms with Crippen LogP contribution < -0.4 is 11.1 Å². The van der Waals surface area contributed by atoms with Gasteiger partial charge in [0.05, 0.1) is 11.6 Å². The summed E-state index contributed by atoms with van der Waals surface area (Å²) in [4.78, 5) is 26.7. The average molecular weight is 446 g/mol. The Labute approximate surface area is 184 Å². The van der Waals surface area contributed by atoms with Crippen molar-refractivity contribution in [2.75, 3.05) is 19.6 Å². The molecule has 1 aromatic heterocycles. The van der Waals surface area contributed by atoms with Crippen molar-refractivity contribution in [2.45, 2.75) is 38.3 Å². The molecule has 2 heterocycles. The third kappa shape index (κ3) is 4.83. The summed E-state index contributed by atoms with van der Waals surface area (Å²) in [5.41, 5.74) is 1.69. The van der Waals surface area contributed by atoms with Gasteiger partial charge in [-0.15, -0.1) is 0 Å². The lowest BCUT2D eigenvalue weighted by Gasteiger charge is -2.29. The molecule has 1 unspecified atom stereocenters. The summed E-state index contributed by atoms with van der Waals surface area (Å²) in [6.07, 6.45) is 2.83. The number of carbonyl (C=O) groups is 1. The highest BCUT2D eigenvalue weighted by Crippen LogP contribution is 2.32. The molecule has 0 bridgehead atoms. The first-order chi connectivity index (χ1) is 15.0. The quantitative estimate of drug-likeness (QED) is 0.566. The number of aromatic nitrogens is 1. The first-order valence-electron chi connectivity index (χ1n) is 10.6. The Bertz CT molecular complexity index is 1100. The van der Waals surface area contributed by atoms with Crippen molar-refractivity contribution < 1.29 is 13.6 Å². The number of likely N-dealkylation sites (tertiary alicyclic amines) is 1. The zero-order valence-electron chi connectivity index (χ0n) is 17.2. The normalized spacial score (nSPS) is 15.4. The summed E-state index contributed by atoms with van der Waals surface area (Å²) in [7, 11) is 0. The number of rotatable bonds is 8. The first kappa shape index (κ1) is 21.6. The van der Waals surface area contributed by atoms with Crippen LogP contribution in [0.1, 0.15) is 37.3 Å². The van der Waals surface area contributed by atoms with Gasteiger partial charge >= 0.3 is 5.76 Å². The molecule has 1 atom stereocenters. The second kappa shape index (κ2) is 9.66. The van der Waals surface area contributed by atoms with Gasteiger partial charge in [0.1, 0.15) is 5.82 Å². The summed E-state index contributed by atoms with van der Waals surface area (Å²) in [5.74, 6) is -0.924. The number of hydrogen-bond donors (Lipinski definition) is 1. The van der Waals surface area contributed by atoms with E-state index in [9.17, 15) is 14.0 Å². The molecule has 0 aliphatic carbocycles. The van der Waals surface area contributed by atoms with E-state index in [0.29, 0.717) is 29.1 Å². The molecule has 2 aromatic carbocycles. The fraction of sp³-hybridized carbons (Fsp3) is 0.391. The summed E-state index contributed by atoms with van der Waals surface area (Å²) in [6.45, 7) is 2.37. The number of para-hydroxylation sites is 2. The van der Waals surface area contributed by atoms with E-state index < -0.39 is 5.76 Å². The number of nitrogens with one attached hydrogen (secondary N) is 1. The Balaban J connectivity index is 1.37. The van der Waals surface area contributed by atoms with Gasteiger partial charge in [0.2, 0.25) is 5.91 Å². The second-order valence-electron chi connectivity index (χ2n) is 7.79. The van der Waals surface area contributed by atoms with Gasteiger partial charge in [0.25, 0.3) is 0 Å². The smallest absolute Gasteiger partial charge is 0.408 e. The van der Waals surface area contributed by atoms with Crippen LogP contribution in [0.2, 0.25) is 5.02 Å². The summed E-state index contributed by atoms with van der Waals surface area (Å²) >= 11 is 6.30. The molecule has 1 saturated heterocycles. The maximum absolute atomic E-state index is 14.5. The van der Waals surface area contributed by atoms with Crippen molar-refractivity contribution in [3.8, 4) is 0 Å². The van der Waals surface area contributed by atoms with E-state index in [1.807, 2.05) is 18.2 Å². The number of nitrogens with zero attached hydrogens (tertiary/aromatic N) is 2. The van der Waals surface area contributed by atoms with Crippen LogP contribution >= 0.6 is 11.6 Å². The van der Waals surface area contributed by atoms with E-state index in [-0.39, 0.29) is 30.7 Å². The molecule has 1 N–H and O–H groups in total. The third-order valence-corrected chi connectivity index (χ3v) is 6.10. The van der Waals surface area contributed by atoms with Gasteiger partial charge in [0.15, 0.2) is 5.58 Å². The van der Waals surface area contributed by atoms with Gasteiger partial charge in [-0.25, -0.2) is 9.18 Å². The van der Waals surface area contributed by atoms with E-state index in [2.05, 4.69) is 10.2 Å². The molecule has 0 saturated carbocycles. The van der Waals surface area contributed by atoms with Crippen molar-refractivity contribution in [2.24, 2.45) is 0 Å². The molecule has 1 amide bonds. The minimum absolute atomic E-state index is 0.141. The van der Waals surface area contributed by atoms with Crippen LogP contribution in [0.5, 0.6) is 0 Å². The van der Waals surface area contributed by atoms with E-state index in [0.717, 1.165) is 31.4 Å². The Hall–Kier alpha value is -2.64. The molecule has 8 heteroatoms. The number of carbonyl (C=O) groups excluding carboxylic acids is 1. The third-order valence-electron chi connectivity index (χ3n) is 5.77. The number of oxazole rings is 1. The lowest BCUT2D eigenvalue weighted by Crippen LogP contribution is -2.37. The number of hydrogen-bond acceptors (Lipinski definition) is 4. The number of amides is 1. The number of halogens is 2. The van der Waals surface area contributed by atoms with Gasteiger partial charge in [-0.3, -0.25) is 14.3 Å². The molecular formula is C23H25ClFN3O3. The van der Waals surface area contributed by atoms with Crippen LogP contribution in [-0.4, -0.2) is 35.0 Å². The Morgan fingerprint density at radius 3 is 2.71 bits per heavy atom. The predicted molar refractivity (Wildman–Crippen MR) is 118 cm³/mol. The molecule has 0 radical (unpaired) electrons. The lowest BCUT2D eigenvalue weighted by atomic mass is 10.0. The lowest BCUT2D eigenvalue weighted by molar-refractivity contribution is -0.121. The number of benzene rings is 2. The maximum atomic E-state index is 14.5. The number of aryl methyl sites for hydroxylation is 1. The Kier molecular flexibility index (Phi) is 6.73. The fourth-order valence-electron chi connectivity index (χ4n) is 4.22. The highest BCUT2D eigenvalue weighted by molar-refractivity contribution is 6.31. The first-order valence-corrected chi connectivity index (χ1v) is 11.0. The fourth-order valence-corrected chi connectivity index (χ4v) is 4.51. The van der Waals surface area contributed by atoms with Crippen molar-refractivity contribution in [3.63, 3.8) is 0 Å². The highest BCUT2D eigenvalue weighted by Gasteiger charge is 2.28. The van der Waals surface area contributed by atoms with Gasteiger partial charge < -0.3 is 9.73 Å². The molecule has 1 fully saturated rings. The second-order valence-corrected chi connectivity index (χ2v) is 8.20.